The molecule has 1 amide bonds. The molecule has 32 heavy (non-hydrogen) atoms. The SMILES string of the molecule is CC(C)(C(=O)NC1C2CC3CC1CC(C(=O)O)(C3)C2)N1CCN(c2ncccc2Cl)CC1. The van der Waals surface area contributed by atoms with Crippen LogP contribution in [0, 0.1) is 23.2 Å². The summed E-state index contributed by atoms with van der Waals surface area (Å²) >= 11 is 6.31. The summed E-state index contributed by atoms with van der Waals surface area (Å²) in [6.45, 7) is 7.06. The summed E-state index contributed by atoms with van der Waals surface area (Å²) in [7, 11) is 0. The highest BCUT2D eigenvalue weighted by atomic mass is 35.5. The third-order valence-corrected chi connectivity index (χ3v) is 8.98. The van der Waals surface area contributed by atoms with Crippen LogP contribution in [-0.4, -0.2) is 64.6 Å². The van der Waals surface area contributed by atoms with Crippen molar-refractivity contribution in [2.75, 3.05) is 31.1 Å². The fourth-order valence-electron chi connectivity index (χ4n) is 7.08. The first-order valence-corrected chi connectivity index (χ1v) is 12.2. The van der Waals surface area contributed by atoms with Gasteiger partial charge in [-0.1, -0.05) is 11.6 Å². The van der Waals surface area contributed by atoms with Crippen molar-refractivity contribution in [3.8, 4) is 0 Å². The van der Waals surface area contributed by atoms with E-state index in [1.807, 2.05) is 26.0 Å². The van der Waals surface area contributed by atoms with Gasteiger partial charge in [-0.05, 0) is 75.8 Å². The van der Waals surface area contributed by atoms with E-state index in [0.29, 0.717) is 35.6 Å². The molecule has 5 aliphatic rings. The molecule has 1 aromatic rings. The van der Waals surface area contributed by atoms with Crippen molar-refractivity contribution in [1.29, 1.82) is 0 Å². The molecule has 4 aliphatic carbocycles. The number of carbonyl (C=O) groups excluding carboxylic acids is 1. The minimum absolute atomic E-state index is 0.0590. The number of aromatic nitrogens is 1. The zero-order chi connectivity index (χ0) is 22.7. The standard InChI is InChI=1S/C24H33ClN4O3/c1-23(2,29-8-6-28(7-9-29)20-18(25)4-3-5-26-20)21(30)27-19-16-10-15-11-17(19)14-24(12-15,13-16)22(31)32/h3-5,15-17,19H,6-14H2,1-2H3,(H,27,30)(H,31,32). The van der Waals surface area contributed by atoms with E-state index in [-0.39, 0.29) is 11.9 Å². The Balaban J connectivity index is 1.23. The average Bonchev–Trinajstić information content (AvgIpc) is 2.76. The lowest BCUT2D eigenvalue weighted by Crippen LogP contribution is -2.66. The Morgan fingerprint density at radius 1 is 1.16 bits per heavy atom. The maximum atomic E-state index is 13.5. The summed E-state index contributed by atoms with van der Waals surface area (Å²) in [4.78, 5) is 34.3. The number of pyridine rings is 1. The molecular formula is C24H33ClN4O3. The van der Waals surface area contributed by atoms with Gasteiger partial charge < -0.3 is 15.3 Å². The minimum Gasteiger partial charge on any atom is -0.481 e. The molecule has 7 nitrogen and oxygen atoms in total. The molecule has 4 bridgehead atoms. The maximum Gasteiger partial charge on any atom is 0.309 e. The van der Waals surface area contributed by atoms with Crippen LogP contribution in [0.15, 0.2) is 18.3 Å². The normalized spacial score (nSPS) is 34.5. The van der Waals surface area contributed by atoms with Gasteiger partial charge in [-0.15, -0.1) is 0 Å². The Morgan fingerprint density at radius 3 is 2.41 bits per heavy atom. The highest BCUT2D eigenvalue weighted by Crippen LogP contribution is 2.60. The van der Waals surface area contributed by atoms with Gasteiger partial charge >= 0.3 is 5.97 Å². The Morgan fingerprint density at radius 2 is 1.81 bits per heavy atom. The first-order chi connectivity index (χ1) is 15.2. The van der Waals surface area contributed by atoms with Crippen molar-refractivity contribution in [2.24, 2.45) is 23.2 Å². The maximum absolute atomic E-state index is 13.5. The molecule has 0 radical (unpaired) electrons. The molecule has 2 atom stereocenters. The van der Waals surface area contributed by atoms with E-state index in [2.05, 4.69) is 20.1 Å². The van der Waals surface area contributed by atoms with Crippen LogP contribution in [0.25, 0.3) is 0 Å². The summed E-state index contributed by atoms with van der Waals surface area (Å²) < 4.78 is 0. The summed E-state index contributed by atoms with van der Waals surface area (Å²) in [5.41, 5.74) is -1.17. The molecule has 6 rings (SSSR count). The van der Waals surface area contributed by atoms with Crippen LogP contribution < -0.4 is 10.2 Å². The van der Waals surface area contributed by atoms with E-state index in [1.165, 1.54) is 0 Å². The van der Waals surface area contributed by atoms with Gasteiger partial charge in [0.2, 0.25) is 5.91 Å². The largest absolute Gasteiger partial charge is 0.481 e. The Bertz CT molecular complexity index is 898. The number of hydrogen-bond acceptors (Lipinski definition) is 5. The minimum atomic E-state index is -0.632. The fourth-order valence-corrected chi connectivity index (χ4v) is 7.32. The number of carboxylic acids is 1. The molecular weight excluding hydrogens is 428 g/mol. The second kappa shape index (κ2) is 7.87. The number of aliphatic carboxylic acids is 1. The second-order valence-electron chi connectivity index (χ2n) is 10.9. The predicted molar refractivity (Wildman–Crippen MR) is 123 cm³/mol. The van der Waals surface area contributed by atoms with Gasteiger partial charge in [-0.3, -0.25) is 14.5 Å². The molecule has 0 aromatic carbocycles. The van der Waals surface area contributed by atoms with Crippen molar-refractivity contribution in [3.05, 3.63) is 23.4 Å². The van der Waals surface area contributed by atoms with Crippen LogP contribution in [-0.2, 0) is 9.59 Å². The number of amides is 1. The van der Waals surface area contributed by atoms with Crippen LogP contribution in [0.4, 0.5) is 5.82 Å². The lowest BCUT2D eigenvalue weighted by molar-refractivity contribution is -0.168. The summed E-state index contributed by atoms with van der Waals surface area (Å²) in [5, 5.41) is 13.9. The van der Waals surface area contributed by atoms with Gasteiger partial charge in [0, 0.05) is 38.4 Å². The van der Waals surface area contributed by atoms with E-state index >= 15 is 0 Å². The van der Waals surface area contributed by atoms with Crippen molar-refractivity contribution >= 4 is 29.3 Å². The quantitative estimate of drug-likeness (QED) is 0.702. The van der Waals surface area contributed by atoms with Crippen LogP contribution >= 0.6 is 11.6 Å². The van der Waals surface area contributed by atoms with Crippen molar-refractivity contribution < 1.29 is 14.7 Å². The van der Waals surface area contributed by atoms with Gasteiger partial charge in [0.1, 0.15) is 5.82 Å². The first kappa shape index (κ1) is 22.0. The van der Waals surface area contributed by atoms with Crippen molar-refractivity contribution in [3.63, 3.8) is 0 Å². The molecule has 0 spiro atoms. The summed E-state index contributed by atoms with van der Waals surface area (Å²) in [6.07, 6.45) is 6.12. The number of halogens is 1. The molecule has 174 valence electrons. The second-order valence-corrected chi connectivity index (χ2v) is 11.3. The highest BCUT2D eigenvalue weighted by molar-refractivity contribution is 6.32. The molecule has 1 aliphatic heterocycles. The smallest absolute Gasteiger partial charge is 0.309 e. The van der Waals surface area contributed by atoms with E-state index in [9.17, 15) is 14.7 Å². The lowest BCUT2D eigenvalue weighted by Gasteiger charge is -2.58. The molecule has 8 heteroatoms. The molecule has 2 N–H and O–H groups in total. The first-order valence-electron chi connectivity index (χ1n) is 11.8. The summed E-state index contributed by atoms with van der Waals surface area (Å²) in [5.74, 6) is 1.32. The number of rotatable bonds is 5. The topological polar surface area (TPSA) is 85.8 Å². The third kappa shape index (κ3) is 3.58. The van der Waals surface area contributed by atoms with E-state index < -0.39 is 16.9 Å². The predicted octanol–water partition coefficient (Wildman–Crippen LogP) is 3.03. The Kier molecular flexibility index (Phi) is 5.40. The molecule has 1 saturated heterocycles. The van der Waals surface area contributed by atoms with E-state index in [0.717, 1.165) is 51.3 Å². The van der Waals surface area contributed by atoms with Gasteiger partial charge in [-0.2, -0.15) is 0 Å². The highest BCUT2D eigenvalue weighted by Gasteiger charge is 2.59. The number of piperazine rings is 1. The van der Waals surface area contributed by atoms with Crippen LogP contribution in [0.2, 0.25) is 5.02 Å². The third-order valence-electron chi connectivity index (χ3n) is 8.69. The molecule has 2 unspecified atom stereocenters. The average molecular weight is 461 g/mol. The monoisotopic (exact) mass is 460 g/mol. The number of carbonyl (C=O) groups is 2. The van der Waals surface area contributed by atoms with Gasteiger partial charge in [0.25, 0.3) is 0 Å². The van der Waals surface area contributed by atoms with Crippen LogP contribution in [0.5, 0.6) is 0 Å². The molecule has 1 aromatic heterocycles. The number of nitrogens with zero attached hydrogens (tertiary/aromatic N) is 3. The number of anilines is 1. The number of nitrogens with one attached hydrogen (secondary N) is 1. The zero-order valence-electron chi connectivity index (χ0n) is 18.9. The fraction of sp³-hybridized carbons (Fsp3) is 0.708. The Hall–Kier alpha value is -1.86. The van der Waals surface area contributed by atoms with Crippen LogP contribution in [0.3, 0.4) is 0 Å². The Labute approximate surface area is 194 Å². The van der Waals surface area contributed by atoms with Gasteiger partial charge in [-0.25, -0.2) is 4.98 Å². The van der Waals surface area contributed by atoms with Gasteiger partial charge in [0.15, 0.2) is 0 Å². The molecule has 4 saturated carbocycles. The summed E-state index contributed by atoms with van der Waals surface area (Å²) in [6, 6.07) is 3.80. The number of hydrogen-bond donors (Lipinski definition) is 2. The zero-order valence-corrected chi connectivity index (χ0v) is 19.6. The van der Waals surface area contributed by atoms with E-state index in [1.54, 1.807) is 6.20 Å². The van der Waals surface area contributed by atoms with Gasteiger partial charge in [0.05, 0.1) is 16.0 Å². The molecule has 2 heterocycles. The molecule has 5 fully saturated rings. The lowest BCUT2D eigenvalue weighted by atomic mass is 9.48. The van der Waals surface area contributed by atoms with Crippen molar-refractivity contribution in [2.45, 2.75) is 57.5 Å². The van der Waals surface area contributed by atoms with Crippen LogP contribution in [0.1, 0.15) is 46.0 Å². The number of carboxylic acid groups (broad SMARTS) is 1. The van der Waals surface area contributed by atoms with Crippen molar-refractivity contribution in [1.82, 2.24) is 15.2 Å². The van der Waals surface area contributed by atoms with E-state index in [4.69, 9.17) is 11.6 Å².